The molecular formula is C39H45N7O6. The number of ether oxygens (including phenoxy) is 4. The molecule has 272 valence electrons. The number of alkyl carbamates (subject to hydrolysis) is 1. The van der Waals surface area contributed by atoms with E-state index in [4.69, 9.17) is 28.9 Å². The molecule has 2 amide bonds. The largest absolute Gasteiger partial charge is 0.488 e. The highest BCUT2D eigenvalue weighted by Gasteiger charge is 2.42. The highest BCUT2D eigenvalue weighted by molar-refractivity contribution is 6.07. The first-order chi connectivity index (χ1) is 25.3. The predicted molar refractivity (Wildman–Crippen MR) is 196 cm³/mol. The molecule has 13 heteroatoms. The first-order valence-corrected chi connectivity index (χ1v) is 18.0. The third kappa shape index (κ3) is 6.06. The molecule has 13 nitrogen and oxygen atoms in total. The molecule has 3 aliphatic heterocycles. The predicted octanol–water partition coefficient (Wildman–Crippen LogP) is 5.77. The average Bonchev–Trinajstić information content (AvgIpc) is 3.98. The van der Waals surface area contributed by atoms with Gasteiger partial charge in [0.2, 0.25) is 5.91 Å². The van der Waals surface area contributed by atoms with E-state index in [1.165, 1.54) is 14.2 Å². The van der Waals surface area contributed by atoms with Crippen LogP contribution in [0, 0.1) is 5.92 Å². The summed E-state index contributed by atoms with van der Waals surface area (Å²) in [5, 5.41) is 8.25. The Hall–Kier alpha value is -4.98. The van der Waals surface area contributed by atoms with Gasteiger partial charge in [-0.25, -0.2) is 14.8 Å². The third-order valence-corrected chi connectivity index (χ3v) is 11.0. The Balaban J connectivity index is 1.07. The van der Waals surface area contributed by atoms with Crippen LogP contribution in [0.2, 0.25) is 0 Å². The van der Waals surface area contributed by atoms with Crippen LogP contribution in [0.15, 0.2) is 48.7 Å². The number of aromatic nitrogens is 4. The highest BCUT2D eigenvalue weighted by Crippen LogP contribution is 2.43. The summed E-state index contributed by atoms with van der Waals surface area (Å²) in [5.74, 6) is 2.72. The van der Waals surface area contributed by atoms with E-state index in [1.807, 2.05) is 24.1 Å². The molecule has 4 N–H and O–H groups in total. The molecule has 2 fully saturated rings. The number of likely N-dealkylation sites (tertiary alicyclic amines) is 1. The van der Waals surface area contributed by atoms with Gasteiger partial charge in [0.05, 0.1) is 54.8 Å². The fourth-order valence-electron chi connectivity index (χ4n) is 8.16. The van der Waals surface area contributed by atoms with Crippen molar-refractivity contribution < 1.29 is 28.5 Å². The van der Waals surface area contributed by atoms with Crippen LogP contribution in [0.1, 0.15) is 62.4 Å². The molecule has 2 aromatic heterocycles. The first-order valence-electron chi connectivity index (χ1n) is 18.0. The molecule has 5 aromatic rings. The van der Waals surface area contributed by atoms with Crippen LogP contribution in [0.3, 0.4) is 0 Å². The van der Waals surface area contributed by atoms with E-state index >= 15 is 0 Å². The lowest BCUT2D eigenvalue weighted by Crippen LogP contribution is -2.55. The van der Waals surface area contributed by atoms with Gasteiger partial charge in [-0.15, -0.1) is 0 Å². The van der Waals surface area contributed by atoms with Crippen molar-refractivity contribution in [3.05, 3.63) is 65.9 Å². The van der Waals surface area contributed by atoms with Gasteiger partial charge < -0.3 is 44.4 Å². The van der Waals surface area contributed by atoms with E-state index in [9.17, 15) is 9.59 Å². The quantitative estimate of drug-likeness (QED) is 0.149. The number of carbonyl (C=O) groups excluding carboxylic acids is 2. The van der Waals surface area contributed by atoms with Gasteiger partial charge >= 0.3 is 6.09 Å². The zero-order valence-electron chi connectivity index (χ0n) is 30.1. The second kappa shape index (κ2) is 13.9. The molecule has 3 aromatic carbocycles. The summed E-state index contributed by atoms with van der Waals surface area (Å²) in [7, 11) is 4.54. The summed E-state index contributed by atoms with van der Waals surface area (Å²) in [6.45, 7) is 5.90. The second-order valence-electron chi connectivity index (χ2n) is 14.3. The summed E-state index contributed by atoms with van der Waals surface area (Å²) in [6.07, 6.45) is 3.21. The van der Waals surface area contributed by atoms with Gasteiger partial charge in [-0.2, -0.15) is 0 Å². The van der Waals surface area contributed by atoms with Crippen LogP contribution >= 0.6 is 0 Å². The van der Waals surface area contributed by atoms with Gasteiger partial charge in [-0.3, -0.25) is 4.79 Å². The monoisotopic (exact) mass is 707 g/mol. The number of nitrogens with one attached hydrogen (secondary N) is 4. The third-order valence-electron chi connectivity index (χ3n) is 11.0. The first kappa shape index (κ1) is 34.1. The van der Waals surface area contributed by atoms with Crippen LogP contribution < -0.4 is 15.4 Å². The van der Waals surface area contributed by atoms with E-state index in [2.05, 4.69) is 57.0 Å². The number of amides is 2. The van der Waals surface area contributed by atoms with E-state index in [1.54, 1.807) is 14.0 Å². The van der Waals surface area contributed by atoms with Crippen LogP contribution in [0.5, 0.6) is 5.75 Å². The number of fused-ring (bicyclic) bond motifs is 6. The zero-order valence-corrected chi connectivity index (χ0v) is 30.1. The zero-order chi connectivity index (χ0) is 36.1. The van der Waals surface area contributed by atoms with Gasteiger partial charge in [0, 0.05) is 37.8 Å². The number of carbonyl (C=O) groups is 2. The fraction of sp³-hybridized carbons (Fsp3) is 0.436. The van der Waals surface area contributed by atoms with Gasteiger partial charge in [0.25, 0.3) is 0 Å². The minimum atomic E-state index is -0.908. The van der Waals surface area contributed by atoms with Gasteiger partial charge in [-0.1, -0.05) is 18.2 Å². The molecular weight excluding hydrogens is 662 g/mol. The van der Waals surface area contributed by atoms with Crippen LogP contribution in [-0.4, -0.2) is 89.5 Å². The number of rotatable bonds is 9. The molecule has 0 unspecified atom stereocenters. The molecule has 0 saturated carbocycles. The van der Waals surface area contributed by atoms with Gasteiger partial charge in [0.15, 0.2) is 0 Å². The summed E-state index contributed by atoms with van der Waals surface area (Å²) < 4.78 is 22.0. The average molecular weight is 708 g/mol. The molecule has 52 heavy (non-hydrogen) atoms. The number of hydrogen-bond donors (Lipinski definition) is 4. The summed E-state index contributed by atoms with van der Waals surface area (Å²) in [4.78, 5) is 44.8. The van der Waals surface area contributed by atoms with Crippen LogP contribution in [0.25, 0.3) is 44.2 Å². The number of methoxy groups -OCH3 is 3. The van der Waals surface area contributed by atoms with Crippen molar-refractivity contribution >= 4 is 33.8 Å². The Labute approximate surface area is 301 Å². The number of aromatic amines is 2. The van der Waals surface area contributed by atoms with Gasteiger partial charge in [0.1, 0.15) is 30.0 Å². The SMILES string of the molecule is COC[C@@H]1CN[C@H](c2ncc(-c3ccc4c(c3)COc3cc5c(ccc6[nH]c([C@@H]7CC[C@H](C)N7C(=O)[C@@H](NC(=O)OC)[C@@H](C)OC)nc65)cc3-4)[nH]2)C1. The summed E-state index contributed by atoms with van der Waals surface area (Å²) in [5.41, 5.74) is 7.05. The van der Waals surface area contributed by atoms with Crippen molar-refractivity contribution in [2.45, 2.75) is 70.0 Å². The molecule has 2 saturated heterocycles. The van der Waals surface area contributed by atoms with Crippen molar-refractivity contribution in [2.75, 3.05) is 34.5 Å². The molecule has 0 spiro atoms. The minimum Gasteiger partial charge on any atom is -0.488 e. The van der Waals surface area contributed by atoms with Crippen LogP contribution in [0.4, 0.5) is 4.79 Å². The fourth-order valence-corrected chi connectivity index (χ4v) is 8.16. The van der Waals surface area contributed by atoms with E-state index in [0.717, 1.165) is 93.7 Å². The molecule has 6 atom stereocenters. The smallest absolute Gasteiger partial charge is 0.407 e. The lowest BCUT2D eigenvalue weighted by molar-refractivity contribution is -0.139. The van der Waals surface area contributed by atoms with Crippen molar-refractivity contribution in [2.24, 2.45) is 5.92 Å². The van der Waals surface area contributed by atoms with Crippen molar-refractivity contribution in [3.63, 3.8) is 0 Å². The number of nitrogens with zero attached hydrogens (tertiary/aromatic N) is 3. The second-order valence-corrected chi connectivity index (χ2v) is 14.3. The van der Waals surface area contributed by atoms with Crippen molar-refractivity contribution in [1.29, 1.82) is 0 Å². The molecule has 8 rings (SSSR count). The number of H-pyrrole nitrogens is 2. The maximum atomic E-state index is 14.0. The normalized spacial score (nSPS) is 22.2. The molecule has 0 bridgehead atoms. The Morgan fingerprint density at radius 2 is 1.92 bits per heavy atom. The standard InChI is InChI=1S/C39H45N7O6/c1-20-6-11-32(46(20)38(47)34(21(2)50-4)45-39(48)51-5)37-42-29-10-8-23-14-28-26-9-7-24(13-25(26)19-52-33(28)15-27(23)35(29)44-37)31-17-41-36(43-31)30-12-22(16-40-30)18-49-3/h7-10,13-15,17,20-22,30,32,34,40H,6,11-12,16,18-19H2,1-5H3,(H,41,43)(H,42,44)(H,45,48)/t20-,21+,22-,30-,32-,34-/m0/s1. The lowest BCUT2D eigenvalue weighted by atomic mass is 9.92. The Kier molecular flexibility index (Phi) is 9.10. The van der Waals surface area contributed by atoms with E-state index in [0.29, 0.717) is 18.3 Å². The summed E-state index contributed by atoms with van der Waals surface area (Å²) in [6, 6.07) is 13.8. The van der Waals surface area contributed by atoms with E-state index in [-0.39, 0.29) is 24.0 Å². The topological polar surface area (TPSA) is 156 Å². The number of imidazole rings is 2. The van der Waals surface area contributed by atoms with Gasteiger partial charge in [-0.05, 0) is 85.4 Å². The highest BCUT2D eigenvalue weighted by atomic mass is 16.5. The van der Waals surface area contributed by atoms with Crippen molar-refractivity contribution in [1.82, 2.24) is 35.5 Å². The molecule has 0 radical (unpaired) electrons. The number of benzene rings is 3. The Morgan fingerprint density at radius 3 is 2.73 bits per heavy atom. The van der Waals surface area contributed by atoms with Crippen LogP contribution in [-0.2, 0) is 25.6 Å². The lowest BCUT2D eigenvalue weighted by Gasteiger charge is -2.33. The van der Waals surface area contributed by atoms with Crippen molar-refractivity contribution in [3.8, 4) is 28.1 Å². The van der Waals surface area contributed by atoms with E-state index < -0.39 is 18.2 Å². The Morgan fingerprint density at radius 1 is 1.06 bits per heavy atom. The Bertz CT molecular complexity index is 2140. The summed E-state index contributed by atoms with van der Waals surface area (Å²) >= 11 is 0. The molecule has 0 aliphatic carbocycles. The maximum Gasteiger partial charge on any atom is 0.407 e. The molecule has 5 heterocycles. The number of hydrogen-bond acceptors (Lipinski definition) is 9. The minimum absolute atomic E-state index is 0.0528. The maximum absolute atomic E-state index is 14.0. The molecule has 3 aliphatic rings.